The Kier molecular flexibility index (Phi) is 5.62. The maximum Gasteiger partial charge on any atom is 0.222 e. The van der Waals surface area contributed by atoms with E-state index in [1.165, 1.54) is 0 Å². The molecule has 144 valence electrons. The summed E-state index contributed by atoms with van der Waals surface area (Å²) >= 11 is 0. The summed E-state index contributed by atoms with van der Waals surface area (Å²) in [6.45, 7) is 6.65. The van der Waals surface area contributed by atoms with E-state index >= 15 is 0 Å². The lowest BCUT2D eigenvalue weighted by Crippen LogP contribution is -2.61. The molecule has 1 amide bonds. The largest absolute Gasteiger partial charge is 0.383 e. The number of carbonyl (C=O) groups excluding carboxylic acids is 1. The van der Waals surface area contributed by atoms with Crippen molar-refractivity contribution in [3.05, 3.63) is 11.8 Å². The number of rotatable bonds is 4. The molecule has 0 saturated carbocycles. The van der Waals surface area contributed by atoms with Gasteiger partial charge >= 0.3 is 0 Å². The van der Waals surface area contributed by atoms with Crippen LogP contribution in [0.4, 0.5) is 11.8 Å². The molecule has 8 nitrogen and oxygen atoms in total. The molecule has 1 spiro atoms. The number of hydrogen-bond acceptors (Lipinski definition) is 7. The highest BCUT2D eigenvalue weighted by Gasteiger charge is 2.42. The van der Waals surface area contributed by atoms with Crippen LogP contribution < -0.4 is 10.6 Å². The van der Waals surface area contributed by atoms with Crippen LogP contribution in [-0.4, -0.2) is 84.7 Å². The van der Waals surface area contributed by atoms with Crippen molar-refractivity contribution in [2.45, 2.75) is 31.7 Å². The van der Waals surface area contributed by atoms with E-state index in [0.717, 1.165) is 50.5 Å². The van der Waals surface area contributed by atoms with Gasteiger partial charge in [-0.15, -0.1) is 0 Å². The van der Waals surface area contributed by atoms with Crippen molar-refractivity contribution in [2.24, 2.45) is 0 Å². The van der Waals surface area contributed by atoms with Gasteiger partial charge in [-0.25, -0.2) is 4.98 Å². The summed E-state index contributed by atoms with van der Waals surface area (Å²) in [6, 6.07) is 1.99. The van der Waals surface area contributed by atoms with Crippen LogP contribution in [0.15, 0.2) is 6.07 Å². The molecule has 8 heteroatoms. The summed E-state index contributed by atoms with van der Waals surface area (Å²) in [6.07, 6.45) is 2.39. The normalized spacial score (nSPS) is 25.0. The number of likely N-dealkylation sites (tertiary alicyclic amines) is 1. The second-order valence-electron chi connectivity index (χ2n) is 7.42. The standard InChI is InChI=1S/C18H30N6O2/c1-14-12-15(21-17(19)20-14)24-9-8-22(2)18(13-24)5-4-16(25)23(7-6-18)10-11-26-3/h12H,4-11,13H2,1-3H3,(H2,19,20,21). The fourth-order valence-corrected chi connectivity index (χ4v) is 4.06. The lowest BCUT2D eigenvalue weighted by molar-refractivity contribution is -0.131. The number of nitrogens with two attached hydrogens (primary N) is 1. The van der Waals surface area contributed by atoms with Gasteiger partial charge in [-0.1, -0.05) is 0 Å². The molecule has 3 heterocycles. The molecule has 2 saturated heterocycles. The van der Waals surface area contributed by atoms with E-state index < -0.39 is 0 Å². The van der Waals surface area contributed by atoms with Gasteiger partial charge in [0.15, 0.2) is 0 Å². The molecular formula is C18H30N6O2. The second kappa shape index (κ2) is 7.75. The number of likely N-dealkylation sites (N-methyl/N-ethyl adjacent to an activating group) is 1. The summed E-state index contributed by atoms with van der Waals surface area (Å²) in [5.41, 5.74) is 6.70. The van der Waals surface area contributed by atoms with Gasteiger partial charge in [-0.05, 0) is 26.8 Å². The van der Waals surface area contributed by atoms with Gasteiger partial charge in [0, 0.05) is 63.6 Å². The predicted molar refractivity (Wildman–Crippen MR) is 101 cm³/mol. The SMILES string of the molecule is COCCN1CCC2(CCC1=O)CN(c1cc(C)nc(N)n1)CCN2C. The van der Waals surface area contributed by atoms with E-state index in [1.807, 2.05) is 17.9 Å². The minimum absolute atomic E-state index is 0.0245. The third kappa shape index (κ3) is 3.91. The van der Waals surface area contributed by atoms with Gasteiger partial charge in [-0.3, -0.25) is 9.69 Å². The molecule has 2 N–H and O–H groups in total. The number of carbonyl (C=O) groups is 1. The topological polar surface area (TPSA) is 87.8 Å². The first-order chi connectivity index (χ1) is 12.4. The molecule has 1 aromatic heterocycles. The molecule has 3 rings (SSSR count). The molecule has 2 aliphatic rings. The van der Waals surface area contributed by atoms with Crippen LogP contribution in [0.3, 0.4) is 0 Å². The van der Waals surface area contributed by atoms with Gasteiger partial charge < -0.3 is 20.3 Å². The first-order valence-corrected chi connectivity index (χ1v) is 9.27. The Morgan fingerprint density at radius 1 is 1.27 bits per heavy atom. The van der Waals surface area contributed by atoms with Gasteiger partial charge in [0.2, 0.25) is 11.9 Å². The van der Waals surface area contributed by atoms with E-state index in [1.54, 1.807) is 7.11 Å². The quantitative estimate of drug-likeness (QED) is 0.835. The summed E-state index contributed by atoms with van der Waals surface area (Å²) in [4.78, 5) is 27.8. The maximum absolute atomic E-state index is 12.5. The monoisotopic (exact) mass is 362 g/mol. The summed E-state index contributed by atoms with van der Waals surface area (Å²) in [7, 11) is 3.85. The highest BCUT2D eigenvalue weighted by molar-refractivity contribution is 5.76. The molecule has 0 aliphatic carbocycles. The Labute approximate surface area is 155 Å². The number of ether oxygens (including phenoxy) is 1. The fraction of sp³-hybridized carbons (Fsp3) is 0.722. The Hall–Kier alpha value is -1.93. The van der Waals surface area contributed by atoms with E-state index in [9.17, 15) is 4.79 Å². The summed E-state index contributed by atoms with van der Waals surface area (Å²) < 4.78 is 5.15. The van der Waals surface area contributed by atoms with Crippen LogP contribution in [-0.2, 0) is 9.53 Å². The van der Waals surface area contributed by atoms with Crippen molar-refractivity contribution < 1.29 is 9.53 Å². The molecule has 0 radical (unpaired) electrons. The Bertz CT molecular complexity index is 634. The third-order valence-corrected chi connectivity index (χ3v) is 5.75. The number of methoxy groups -OCH3 is 1. The number of nitrogen functional groups attached to an aromatic ring is 1. The van der Waals surface area contributed by atoms with Crippen molar-refractivity contribution in [1.82, 2.24) is 19.8 Å². The molecular weight excluding hydrogens is 332 g/mol. The maximum atomic E-state index is 12.5. The molecule has 26 heavy (non-hydrogen) atoms. The summed E-state index contributed by atoms with van der Waals surface area (Å²) in [5, 5.41) is 0. The van der Waals surface area contributed by atoms with Crippen LogP contribution in [0.1, 0.15) is 25.0 Å². The highest BCUT2D eigenvalue weighted by Crippen LogP contribution is 2.33. The van der Waals surface area contributed by atoms with Crippen molar-refractivity contribution in [3.63, 3.8) is 0 Å². The van der Waals surface area contributed by atoms with Gasteiger partial charge in [0.1, 0.15) is 5.82 Å². The highest BCUT2D eigenvalue weighted by atomic mass is 16.5. The molecule has 2 fully saturated rings. The van der Waals surface area contributed by atoms with Crippen LogP contribution in [0.25, 0.3) is 0 Å². The number of nitrogens with zero attached hydrogens (tertiary/aromatic N) is 5. The number of aryl methyl sites for hydroxylation is 1. The van der Waals surface area contributed by atoms with Crippen molar-refractivity contribution in [2.75, 3.05) is 64.1 Å². The number of hydrogen-bond donors (Lipinski definition) is 1. The zero-order valence-electron chi connectivity index (χ0n) is 16.1. The number of anilines is 2. The van der Waals surface area contributed by atoms with Crippen LogP contribution in [0.2, 0.25) is 0 Å². The second-order valence-corrected chi connectivity index (χ2v) is 7.42. The minimum atomic E-state index is -0.0245. The fourth-order valence-electron chi connectivity index (χ4n) is 4.06. The smallest absolute Gasteiger partial charge is 0.222 e. The predicted octanol–water partition coefficient (Wildman–Crippen LogP) is 0.517. The first kappa shape index (κ1) is 18.8. The zero-order valence-corrected chi connectivity index (χ0v) is 16.1. The van der Waals surface area contributed by atoms with Gasteiger partial charge in [0.05, 0.1) is 6.61 Å². The average molecular weight is 362 g/mol. The van der Waals surface area contributed by atoms with E-state index in [0.29, 0.717) is 25.5 Å². The van der Waals surface area contributed by atoms with Gasteiger partial charge in [-0.2, -0.15) is 4.98 Å². The van der Waals surface area contributed by atoms with Crippen molar-refractivity contribution >= 4 is 17.7 Å². The Morgan fingerprint density at radius 2 is 2.08 bits per heavy atom. The molecule has 1 atom stereocenters. The number of piperazine rings is 1. The van der Waals surface area contributed by atoms with E-state index in [4.69, 9.17) is 10.5 Å². The van der Waals surface area contributed by atoms with Crippen molar-refractivity contribution in [1.29, 1.82) is 0 Å². The zero-order chi connectivity index (χ0) is 18.7. The molecule has 2 aliphatic heterocycles. The summed E-state index contributed by atoms with van der Waals surface area (Å²) in [5.74, 6) is 1.43. The average Bonchev–Trinajstić information content (AvgIpc) is 2.75. The van der Waals surface area contributed by atoms with Crippen LogP contribution in [0.5, 0.6) is 0 Å². The third-order valence-electron chi connectivity index (χ3n) is 5.75. The minimum Gasteiger partial charge on any atom is -0.383 e. The molecule has 1 aromatic rings. The van der Waals surface area contributed by atoms with E-state index in [2.05, 4.69) is 26.8 Å². The molecule has 0 aromatic carbocycles. The van der Waals surface area contributed by atoms with E-state index in [-0.39, 0.29) is 11.4 Å². The Balaban J connectivity index is 1.78. The van der Waals surface area contributed by atoms with Crippen molar-refractivity contribution in [3.8, 4) is 0 Å². The van der Waals surface area contributed by atoms with Crippen LogP contribution in [0, 0.1) is 6.92 Å². The first-order valence-electron chi connectivity index (χ1n) is 9.27. The lowest BCUT2D eigenvalue weighted by Gasteiger charge is -2.49. The molecule has 1 unspecified atom stereocenters. The number of aromatic nitrogens is 2. The van der Waals surface area contributed by atoms with Gasteiger partial charge in [0.25, 0.3) is 0 Å². The number of amides is 1. The molecule has 0 bridgehead atoms. The van der Waals surface area contributed by atoms with Crippen LogP contribution >= 0.6 is 0 Å². The Morgan fingerprint density at radius 3 is 2.81 bits per heavy atom. The lowest BCUT2D eigenvalue weighted by atomic mass is 9.86.